The van der Waals surface area contributed by atoms with E-state index in [1.807, 2.05) is 29.2 Å². The number of hydrogen-bond acceptors (Lipinski definition) is 4. The molecule has 0 aliphatic carbocycles. The van der Waals surface area contributed by atoms with Gasteiger partial charge in [0.15, 0.2) is 0 Å². The van der Waals surface area contributed by atoms with Crippen molar-refractivity contribution in [3.05, 3.63) is 24.3 Å². The fraction of sp³-hybridized carbons (Fsp3) is 0.611. The Hall–Kier alpha value is -1.79. The second kappa shape index (κ2) is 8.35. The van der Waals surface area contributed by atoms with Crippen molar-refractivity contribution in [3.8, 4) is 5.75 Å². The van der Waals surface area contributed by atoms with Crippen molar-refractivity contribution in [2.75, 3.05) is 51.8 Å². The van der Waals surface area contributed by atoms with Crippen LogP contribution in [0.2, 0.25) is 0 Å². The average molecular weight is 333 g/mol. The van der Waals surface area contributed by atoms with Crippen molar-refractivity contribution < 1.29 is 14.3 Å². The molecule has 2 fully saturated rings. The number of ether oxygens (including phenoxy) is 2. The van der Waals surface area contributed by atoms with Crippen LogP contribution >= 0.6 is 0 Å². The molecule has 3 rings (SSSR count). The zero-order valence-corrected chi connectivity index (χ0v) is 14.4. The minimum absolute atomic E-state index is 0.0286. The van der Waals surface area contributed by atoms with Crippen molar-refractivity contribution in [2.45, 2.75) is 25.4 Å². The van der Waals surface area contributed by atoms with Crippen molar-refractivity contribution >= 4 is 11.7 Å². The van der Waals surface area contributed by atoms with Gasteiger partial charge in [-0.15, -0.1) is 0 Å². The van der Waals surface area contributed by atoms with E-state index in [0.29, 0.717) is 6.10 Å². The predicted octanol–water partition coefficient (Wildman–Crippen LogP) is 2.41. The van der Waals surface area contributed by atoms with Crippen LogP contribution in [0.5, 0.6) is 5.75 Å². The SMILES string of the molecule is COc1ccc(NC(=O)N2CCCN(C[C@H]3CCCO3)CC2)cc1. The van der Waals surface area contributed by atoms with Crippen LogP contribution in [0.25, 0.3) is 0 Å². The van der Waals surface area contributed by atoms with Gasteiger partial charge in [0.05, 0.1) is 13.2 Å². The summed E-state index contributed by atoms with van der Waals surface area (Å²) < 4.78 is 10.9. The zero-order valence-electron chi connectivity index (χ0n) is 14.4. The molecule has 6 nitrogen and oxygen atoms in total. The lowest BCUT2D eigenvalue weighted by Crippen LogP contribution is -2.39. The second-order valence-corrected chi connectivity index (χ2v) is 6.43. The minimum atomic E-state index is -0.0286. The Bertz CT molecular complexity index is 529. The summed E-state index contributed by atoms with van der Waals surface area (Å²) in [5.74, 6) is 0.785. The van der Waals surface area contributed by atoms with E-state index in [-0.39, 0.29) is 6.03 Å². The number of rotatable bonds is 4. The summed E-state index contributed by atoms with van der Waals surface area (Å²) in [6.07, 6.45) is 3.72. The number of amides is 2. The number of hydrogen-bond donors (Lipinski definition) is 1. The summed E-state index contributed by atoms with van der Waals surface area (Å²) in [6, 6.07) is 7.39. The van der Waals surface area contributed by atoms with Crippen LogP contribution in [-0.4, -0.2) is 68.4 Å². The van der Waals surface area contributed by atoms with E-state index in [1.54, 1.807) is 7.11 Å². The molecule has 0 saturated carbocycles. The first-order valence-corrected chi connectivity index (χ1v) is 8.78. The van der Waals surface area contributed by atoms with Crippen LogP contribution in [0, 0.1) is 0 Å². The van der Waals surface area contributed by atoms with Crippen molar-refractivity contribution in [2.24, 2.45) is 0 Å². The van der Waals surface area contributed by atoms with E-state index in [2.05, 4.69) is 10.2 Å². The molecule has 6 heteroatoms. The first kappa shape index (κ1) is 17.0. The van der Waals surface area contributed by atoms with Gasteiger partial charge in [0.2, 0.25) is 0 Å². The molecule has 132 valence electrons. The van der Waals surface area contributed by atoms with Gasteiger partial charge in [-0.1, -0.05) is 0 Å². The third-order valence-corrected chi connectivity index (χ3v) is 4.70. The summed E-state index contributed by atoms with van der Waals surface area (Å²) in [6.45, 7) is 5.39. The monoisotopic (exact) mass is 333 g/mol. The van der Waals surface area contributed by atoms with Gasteiger partial charge in [-0.05, 0) is 50.1 Å². The quantitative estimate of drug-likeness (QED) is 0.919. The molecule has 1 N–H and O–H groups in total. The Morgan fingerprint density at radius 3 is 2.75 bits per heavy atom. The molecule has 24 heavy (non-hydrogen) atoms. The molecule has 2 amide bonds. The lowest BCUT2D eigenvalue weighted by Gasteiger charge is -2.24. The molecule has 1 aromatic rings. The zero-order chi connectivity index (χ0) is 16.8. The molecule has 2 aliphatic rings. The molecule has 0 radical (unpaired) electrons. The number of nitrogens with zero attached hydrogens (tertiary/aromatic N) is 2. The van der Waals surface area contributed by atoms with Gasteiger partial charge >= 0.3 is 6.03 Å². The summed E-state index contributed by atoms with van der Waals surface area (Å²) in [4.78, 5) is 16.8. The van der Waals surface area contributed by atoms with Gasteiger partial charge in [-0.2, -0.15) is 0 Å². The standard InChI is InChI=1S/C18H27N3O3/c1-23-16-7-5-15(6-8-16)19-18(22)21-10-3-9-20(11-12-21)14-17-4-2-13-24-17/h5-8,17H,2-4,9-14H2,1H3,(H,19,22)/t17-/m1/s1. The largest absolute Gasteiger partial charge is 0.497 e. The molecular formula is C18H27N3O3. The maximum atomic E-state index is 12.5. The molecular weight excluding hydrogens is 306 g/mol. The molecule has 0 aromatic heterocycles. The Kier molecular flexibility index (Phi) is 5.93. The Morgan fingerprint density at radius 2 is 2.04 bits per heavy atom. The van der Waals surface area contributed by atoms with Gasteiger partial charge in [0, 0.05) is 38.5 Å². The molecule has 0 unspecified atom stereocenters. The lowest BCUT2D eigenvalue weighted by molar-refractivity contribution is 0.0747. The average Bonchev–Trinajstić information content (AvgIpc) is 2.99. The number of carbonyl (C=O) groups is 1. The topological polar surface area (TPSA) is 54.0 Å². The first-order valence-electron chi connectivity index (χ1n) is 8.78. The summed E-state index contributed by atoms with van der Waals surface area (Å²) >= 11 is 0. The van der Waals surface area contributed by atoms with Crippen LogP contribution in [0.15, 0.2) is 24.3 Å². The molecule has 1 atom stereocenters. The maximum absolute atomic E-state index is 12.5. The second-order valence-electron chi connectivity index (χ2n) is 6.43. The fourth-order valence-corrected chi connectivity index (χ4v) is 3.31. The number of urea groups is 1. The molecule has 2 heterocycles. The summed E-state index contributed by atoms with van der Waals surface area (Å²) in [5, 5.41) is 2.97. The summed E-state index contributed by atoms with van der Waals surface area (Å²) in [7, 11) is 1.63. The van der Waals surface area contributed by atoms with Crippen LogP contribution < -0.4 is 10.1 Å². The number of methoxy groups -OCH3 is 1. The van der Waals surface area contributed by atoms with E-state index in [1.165, 1.54) is 6.42 Å². The van der Waals surface area contributed by atoms with Gasteiger partial charge in [0.1, 0.15) is 5.75 Å². The van der Waals surface area contributed by atoms with Crippen molar-refractivity contribution in [1.82, 2.24) is 9.80 Å². The Labute approximate surface area is 143 Å². The van der Waals surface area contributed by atoms with Gasteiger partial charge in [-0.3, -0.25) is 4.90 Å². The minimum Gasteiger partial charge on any atom is -0.497 e. The van der Waals surface area contributed by atoms with E-state index in [4.69, 9.17) is 9.47 Å². The summed E-state index contributed by atoms with van der Waals surface area (Å²) in [5.41, 5.74) is 0.793. The van der Waals surface area contributed by atoms with Gasteiger partial charge in [0.25, 0.3) is 0 Å². The van der Waals surface area contributed by atoms with E-state index in [9.17, 15) is 4.79 Å². The maximum Gasteiger partial charge on any atom is 0.321 e. The van der Waals surface area contributed by atoms with Crippen LogP contribution in [0.3, 0.4) is 0 Å². The Balaban J connectivity index is 1.48. The highest BCUT2D eigenvalue weighted by molar-refractivity contribution is 5.89. The van der Waals surface area contributed by atoms with Gasteiger partial charge in [-0.25, -0.2) is 4.79 Å². The van der Waals surface area contributed by atoms with E-state index in [0.717, 1.165) is 63.6 Å². The third kappa shape index (κ3) is 4.61. The van der Waals surface area contributed by atoms with Crippen molar-refractivity contribution in [3.63, 3.8) is 0 Å². The first-order chi connectivity index (χ1) is 11.7. The Morgan fingerprint density at radius 1 is 1.21 bits per heavy atom. The third-order valence-electron chi connectivity index (χ3n) is 4.70. The molecule has 0 spiro atoms. The normalized spacial score (nSPS) is 22.2. The smallest absolute Gasteiger partial charge is 0.321 e. The predicted molar refractivity (Wildman–Crippen MR) is 93.6 cm³/mol. The number of carbonyl (C=O) groups excluding carboxylic acids is 1. The molecule has 1 aromatic carbocycles. The number of benzene rings is 1. The lowest BCUT2D eigenvalue weighted by atomic mass is 10.2. The van der Waals surface area contributed by atoms with Crippen molar-refractivity contribution in [1.29, 1.82) is 0 Å². The highest BCUT2D eigenvalue weighted by Crippen LogP contribution is 2.17. The highest BCUT2D eigenvalue weighted by Gasteiger charge is 2.23. The van der Waals surface area contributed by atoms with Crippen LogP contribution in [-0.2, 0) is 4.74 Å². The van der Waals surface area contributed by atoms with Crippen LogP contribution in [0.4, 0.5) is 10.5 Å². The molecule has 0 bridgehead atoms. The van der Waals surface area contributed by atoms with Gasteiger partial charge < -0.3 is 19.7 Å². The molecule has 2 saturated heterocycles. The van der Waals surface area contributed by atoms with E-state index >= 15 is 0 Å². The van der Waals surface area contributed by atoms with E-state index < -0.39 is 0 Å². The fourth-order valence-electron chi connectivity index (χ4n) is 3.31. The molecule has 2 aliphatic heterocycles. The number of nitrogens with one attached hydrogen (secondary N) is 1. The number of anilines is 1. The van der Waals surface area contributed by atoms with Crippen LogP contribution in [0.1, 0.15) is 19.3 Å². The highest BCUT2D eigenvalue weighted by atomic mass is 16.5.